The maximum atomic E-state index is 12.2. The molecule has 0 aliphatic heterocycles. The smallest absolute Gasteiger partial charge is 0.271 e. The van der Waals surface area contributed by atoms with E-state index in [4.69, 9.17) is 4.74 Å². The second-order valence-electron chi connectivity index (χ2n) is 4.76. The zero-order valence-corrected chi connectivity index (χ0v) is 13.0. The molecule has 0 aliphatic rings. The van der Waals surface area contributed by atoms with E-state index in [1.165, 1.54) is 4.68 Å². The lowest BCUT2D eigenvalue weighted by atomic mass is 10.2. The lowest BCUT2D eigenvalue weighted by Gasteiger charge is -2.05. The number of nitrogens with zero attached hydrogens (tertiary/aromatic N) is 3. The van der Waals surface area contributed by atoms with Crippen molar-refractivity contribution in [1.82, 2.24) is 15.1 Å². The van der Waals surface area contributed by atoms with Crippen LogP contribution in [0.1, 0.15) is 29.4 Å². The summed E-state index contributed by atoms with van der Waals surface area (Å²) in [5.74, 6) is 0.557. The number of para-hydroxylation sites is 1. The lowest BCUT2D eigenvalue weighted by molar-refractivity contribution is 0.0945. The summed E-state index contributed by atoms with van der Waals surface area (Å²) in [7, 11) is 3.34. The Balaban J connectivity index is 2.26. The van der Waals surface area contributed by atoms with Crippen LogP contribution in [0.3, 0.4) is 0 Å². The monoisotopic (exact) mass is 300 g/mol. The van der Waals surface area contributed by atoms with Crippen LogP contribution in [0.5, 0.6) is 5.75 Å². The second kappa shape index (κ2) is 7.40. The van der Waals surface area contributed by atoms with Crippen LogP contribution >= 0.6 is 0 Å². The van der Waals surface area contributed by atoms with Crippen LogP contribution in [-0.2, 0) is 7.05 Å². The van der Waals surface area contributed by atoms with Gasteiger partial charge < -0.3 is 10.1 Å². The Hall–Kier alpha value is -2.63. The fraction of sp³-hybridized carbons (Fsp3) is 0.312. The first kappa shape index (κ1) is 15.8. The first-order valence-electron chi connectivity index (χ1n) is 7.14. The molecule has 0 spiro atoms. The molecule has 0 unspecified atom stereocenters. The van der Waals surface area contributed by atoms with Gasteiger partial charge in [0, 0.05) is 25.4 Å². The van der Waals surface area contributed by atoms with Crippen LogP contribution < -0.4 is 10.1 Å². The fourth-order valence-electron chi connectivity index (χ4n) is 2.02. The van der Waals surface area contributed by atoms with Gasteiger partial charge in [0.1, 0.15) is 11.4 Å². The molecule has 6 nitrogen and oxygen atoms in total. The molecule has 0 fully saturated rings. The van der Waals surface area contributed by atoms with E-state index in [1.54, 1.807) is 26.6 Å². The van der Waals surface area contributed by atoms with Gasteiger partial charge >= 0.3 is 0 Å². The molecule has 0 radical (unpaired) electrons. The van der Waals surface area contributed by atoms with Crippen molar-refractivity contribution in [3.8, 4) is 5.75 Å². The van der Waals surface area contributed by atoms with Crippen molar-refractivity contribution in [1.29, 1.82) is 0 Å². The third-order valence-electron chi connectivity index (χ3n) is 3.15. The van der Waals surface area contributed by atoms with Gasteiger partial charge in [-0.05, 0) is 18.6 Å². The minimum Gasteiger partial charge on any atom is -0.496 e. The Morgan fingerprint density at radius 3 is 2.95 bits per heavy atom. The van der Waals surface area contributed by atoms with E-state index in [0.717, 1.165) is 17.7 Å². The highest BCUT2D eigenvalue weighted by Gasteiger charge is 2.15. The third kappa shape index (κ3) is 3.52. The van der Waals surface area contributed by atoms with Crippen molar-refractivity contribution in [2.45, 2.75) is 13.3 Å². The molecule has 1 aromatic heterocycles. The normalized spacial score (nSPS) is 10.9. The van der Waals surface area contributed by atoms with Crippen molar-refractivity contribution in [2.75, 3.05) is 13.7 Å². The maximum Gasteiger partial charge on any atom is 0.271 e. The highest BCUT2D eigenvalue weighted by Crippen LogP contribution is 2.20. The molecule has 1 amide bonds. The molecule has 1 N–H and O–H groups in total. The second-order valence-corrected chi connectivity index (χ2v) is 4.76. The molecule has 0 saturated heterocycles. The third-order valence-corrected chi connectivity index (χ3v) is 3.15. The van der Waals surface area contributed by atoms with Crippen molar-refractivity contribution < 1.29 is 9.53 Å². The molecular weight excluding hydrogens is 280 g/mol. The van der Waals surface area contributed by atoms with Gasteiger partial charge in [0.2, 0.25) is 0 Å². The van der Waals surface area contributed by atoms with Crippen molar-refractivity contribution in [2.24, 2.45) is 12.0 Å². The van der Waals surface area contributed by atoms with Gasteiger partial charge in [-0.2, -0.15) is 5.10 Å². The summed E-state index contributed by atoms with van der Waals surface area (Å²) >= 11 is 0. The molecule has 0 saturated carbocycles. The number of hydrogen-bond acceptors (Lipinski definition) is 4. The first-order valence-corrected chi connectivity index (χ1v) is 7.14. The number of aliphatic imine (C=N–C) groups is 1. The Morgan fingerprint density at radius 1 is 1.45 bits per heavy atom. The number of carbonyl (C=O) groups is 1. The highest BCUT2D eigenvalue weighted by molar-refractivity contribution is 5.98. The SMILES string of the molecule is CCCNC(=O)c1c(N=Cc2ccccc2OC)cnn1C. The molecule has 0 bridgehead atoms. The van der Waals surface area contributed by atoms with Gasteiger partial charge in [0.25, 0.3) is 5.91 Å². The van der Waals surface area contributed by atoms with E-state index in [-0.39, 0.29) is 5.91 Å². The molecule has 0 atom stereocenters. The lowest BCUT2D eigenvalue weighted by Crippen LogP contribution is -2.26. The zero-order chi connectivity index (χ0) is 15.9. The molecule has 2 aromatic rings. The van der Waals surface area contributed by atoms with Crippen LogP contribution in [0.25, 0.3) is 0 Å². The summed E-state index contributed by atoms with van der Waals surface area (Å²) < 4.78 is 6.81. The minimum atomic E-state index is -0.172. The predicted molar refractivity (Wildman–Crippen MR) is 86.1 cm³/mol. The van der Waals surface area contributed by atoms with Crippen molar-refractivity contribution in [3.05, 3.63) is 41.7 Å². The number of hydrogen-bond donors (Lipinski definition) is 1. The summed E-state index contributed by atoms with van der Waals surface area (Å²) in [6.07, 6.45) is 4.13. The molecule has 0 aliphatic carbocycles. The van der Waals surface area contributed by atoms with Gasteiger partial charge in [-0.25, -0.2) is 0 Å². The van der Waals surface area contributed by atoms with Gasteiger partial charge in [-0.1, -0.05) is 19.1 Å². The van der Waals surface area contributed by atoms with Gasteiger partial charge in [0.05, 0.1) is 13.3 Å². The minimum absolute atomic E-state index is 0.172. The van der Waals surface area contributed by atoms with Crippen LogP contribution in [0, 0.1) is 0 Å². The number of carbonyl (C=O) groups excluding carboxylic acids is 1. The predicted octanol–water partition coefficient (Wildman–Crippen LogP) is 2.32. The summed E-state index contributed by atoms with van der Waals surface area (Å²) in [5.41, 5.74) is 1.82. The highest BCUT2D eigenvalue weighted by atomic mass is 16.5. The van der Waals surface area contributed by atoms with E-state index in [0.29, 0.717) is 17.9 Å². The molecule has 116 valence electrons. The van der Waals surface area contributed by atoms with E-state index < -0.39 is 0 Å². The molecule has 1 aromatic carbocycles. The molecule has 22 heavy (non-hydrogen) atoms. The average molecular weight is 300 g/mol. The van der Waals surface area contributed by atoms with E-state index >= 15 is 0 Å². The Morgan fingerprint density at radius 2 is 2.23 bits per heavy atom. The van der Waals surface area contributed by atoms with Crippen molar-refractivity contribution >= 4 is 17.8 Å². The van der Waals surface area contributed by atoms with Crippen LogP contribution in [0.15, 0.2) is 35.5 Å². The Bertz CT molecular complexity index is 677. The van der Waals surface area contributed by atoms with Crippen LogP contribution in [-0.4, -0.2) is 35.6 Å². The summed E-state index contributed by atoms with van der Waals surface area (Å²) in [6.45, 7) is 2.63. The maximum absolute atomic E-state index is 12.2. The fourth-order valence-corrected chi connectivity index (χ4v) is 2.02. The number of ether oxygens (including phenoxy) is 1. The molecule has 1 heterocycles. The molecule has 6 heteroatoms. The average Bonchev–Trinajstić information content (AvgIpc) is 2.91. The van der Waals surface area contributed by atoms with Crippen molar-refractivity contribution in [3.63, 3.8) is 0 Å². The topological polar surface area (TPSA) is 68.5 Å². The van der Waals surface area contributed by atoms with Gasteiger partial charge in [0.15, 0.2) is 5.69 Å². The first-order chi connectivity index (χ1) is 10.7. The summed E-state index contributed by atoms with van der Waals surface area (Å²) in [6, 6.07) is 7.56. The number of methoxy groups -OCH3 is 1. The van der Waals surface area contributed by atoms with Gasteiger partial charge in [-0.3, -0.25) is 14.5 Å². The number of rotatable bonds is 6. The van der Waals surface area contributed by atoms with Crippen LogP contribution in [0.4, 0.5) is 5.69 Å². The summed E-state index contributed by atoms with van der Waals surface area (Å²) in [5, 5.41) is 6.95. The Kier molecular flexibility index (Phi) is 5.30. The summed E-state index contributed by atoms with van der Waals surface area (Å²) in [4.78, 5) is 16.6. The van der Waals surface area contributed by atoms with E-state index in [9.17, 15) is 4.79 Å². The largest absolute Gasteiger partial charge is 0.496 e. The van der Waals surface area contributed by atoms with E-state index in [1.807, 2.05) is 31.2 Å². The number of aromatic nitrogens is 2. The Labute approximate surface area is 129 Å². The molecule has 2 rings (SSSR count). The standard InChI is InChI=1S/C16H20N4O2/c1-4-9-17-16(21)15-13(11-19-20(15)2)18-10-12-7-5-6-8-14(12)22-3/h5-8,10-11H,4,9H2,1-3H3,(H,17,21). The number of nitrogens with one attached hydrogen (secondary N) is 1. The number of amides is 1. The van der Waals surface area contributed by atoms with Gasteiger partial charge in [-0.15, -0.1) is 0 Å². The number of aryl methyl sites for hydroxylation is 1. The number of benzene rings is 1. The quantitative estimate of drug-likeness (QED) is 0.832. The zero-order valence-electron chi connectivity index (χ0n) is 13.0. The van der Waals surface area contributed by atoms with Crippen LogP contribution in [0.2, 0.25) is 0 Å². The van der Waals surface area contributed by atoms with E-state index in [2.05, 4.69) is 15.4 Å². The molecular formula is C16H20N4O2.